The maximum absolute atomic E-state index is 12.4. The number of likely N-dealkylation sites (tertiary alicyclic amines) is 1. The summed E-state index contributed by atoms with van der Waals surface area (Å²) in [5.41, 5.74) is 1.01. The number of para-hydroxylation sites is 1. The van der Waals surface area contributed by atoms with Gasteiger partial charge in [0.25, 0.3) is 5.91 Å². The Bertz CT molecular complexity index is 527. The Morgan fingerprint density at radius 3 is 2.55 bits per heavy atom. The van der Waals surface area contributed by atoms with Gasteiger partial charge in [-0.25, -0.2) is 0 Å². The van der Waals surface area contributed by atoms with E-state index >= 15 is 0 Å². The molecular formula is C18H24N2O2. The van der Waals surface area contributed by atoms with Crippen LogP contribution in [-0.2, 0) is 9.53 Å². The molecule has 3 aliphatic rings. The first-order valence-corrected chi connectivity index (χ1v) is 8.56. The van der Waals surface area contributed by atoms with Crippen LogP contribution < -0.4 is 4.90 Å². The number of carbonyl (C=O) groups excluding carboxylic acids is 1. The number of ether oxygens (including phenoxy) is 1. The van der Waals surface area contributed by atoms with Gasteiger partial charge in [-0.05, 0) is 25.0 Å². The highest BCUT2D eigenvalue weighted by Crippen LogP contribution is 2.32. The second kappa shape index (κ2) is 6.01. The molecule has 1 aromatic rings. The second-order valence-corrected chi connectivity index (χ2v) is 6.76. The molecule has 2 heterocycles. The van der Waals surface area contributed by atoms with Crippen molar-refractivity contribution < 1.29 is 9.53 Å². The quantitative estimate of drug-likeness (QED) is 0.841. The van der Waals surface area contributed by atoms with E-state index in [1.54, 1.807) is 0 Å². The van der Waals surface area contributed by atoms with Gasteiger partial charge in [0.05, 0.1) is 12.1 Å². The molecular weight excluding hydrogens is 276 g/mol. The predicted octanol–water partition coefficient (Wildman–Crippen LogP) is 2.44. The van der Waals surface area contributed by atoms with Crippen LogP contribution in [0.15, 0.2) is 30.3 Å². The summed E-state index contributed by atoms with van der Waals surface area (Å²) in [6.07, 6.45) is 6.84. The fourth-order valence-electron chi connectivity index (χ4n) is 4.30. The van der Waals surface area contributed by atoms with E-state index in [4.69, 9.17) is 4.74 Å². The van der Waals surface area contributed by atoms with Crippen molar-refractivity contribution in [3.8, 4) is 0 Å². The lowest BCUT2D eigenvalue weighted by molar-refractivity contribution is -0.130. The van der Waals surface area contributed by atoms with Gasteiger partial charge >= 0.3 is 0 Å². The van der Waals surface area contributed by atoms with Crippen molar-refractivity contribution in [3.63, 3.8) is 0 Å². The van der Waals surface area contributed by atoms with Crippen LogP contribution in [0.3, 0.4) is 0 Å². The molecule has 3 fully saturated rings. The van der Waals surface area contributed by atoms with Crippen molar-refractivity contribution in [2.24, 2.45) is 0 Å². The largest absolute Gasteiger partial charge is 0.365 e. The SMILES string of the molecule is O=C1CO[C@@H]2CN(C3CCCCC3)C[C@@H]2N1c1ccccc1. The molecule has 2 aliphatic heterocycles. The van der Waals surface area contributed by atoms with Crippen LogP contribution in [0.5, 0.6) is 0 Å². The maximum Gasteiger partial charge on any atom is 0.253 e. The summed E-state index contributed by atoms with van der Waals surface area (Å²) >= 11 is 0. The first kappa shape index (κ1) is 14.2. The lowest BCUT2D eigenvalue weighted by atomic mass is 9.94. The molecule has 118 valence electrons. The summed E-state index contributed by atoms with van der Waals surface area (Å²) in [6.45, 7) is 2.15. The van der Waals surface area contributed by atoms with Crippen LogP contribution in [0, 0.1) is 0 Å². The molecule has 4 heteroatoms. The Labute approximate surface area is 132 Å². The molecule has 0 unspecified atom stereocenters. The Hall–Kier alpha value is -1.39. The Morgan fingerprint density at radius 1 is 1.00 bits per heavy atom. The number of hydrogen-bond acceptors (Lipinski definition) is 3. The fraction of sp³-hybridized carbons (Fsp3) is 0.611. The lowest BCUT2D eigenvalue weighted by Crippen LogP contribution is -2.54. The molecule has 2 saturated heterocycles. The molecule has 2 atom stereocenters. The minimum absolute atomic E-state index is 0.0953. The van der Waals surface area contributed by atoms with Gasteiger partial charge in [0.1, 0.15) is 6.61 Å². The van der Waals surface area contributed by atoms with Crippen LogP contribution in [0.1, 0.15) is 32.1 Å². The first-order valence-electron chi connectivity index (χ1n) is 8.56. The number of hydrogen-bond donors (Lipinski definition) is 0. The molecule has 4 nitrogen and oxygen atoms in total. The number of morpholine rings is 1. The van der Waals surface area contributed by atoms with E-state index in [1.807, 2.05) is 35.2 Å². The highest BCUT2D eigenvalue weighted by Gasteiger charge is 2.45. The van der Waals surface area contributed by atoms with Gasteiger partial charge in [-0.15, -0.1) is 0 Å². The Balaban J connectivity index is 1.54. The molecule has 0 spiro atoms. The smallest absolute Gasteiger partial charge is 0.253 e. The summed E-state index contributed by atoms with van der Waals surface area (Å²) < 4.78 is 5.85. The van der Waals surface area contributed by atoms with E-state index in [1.165, 1.54) is 32.1 Å². The highest BCUT2D eigenvalue weighted by atomic mass is 16.5. The van der Waals surface area contributed by atoms with Crippen LogP contribution in [0.25, 0.3) is 0 Å². The maximum atomic E-state index is 12.4. The van der Waals surface area contributed by atoms with E-state index in [9.17, 15) is 4.79 Å². The predicted molar refractivity (Wildman–Crippen MR) is 85.9 cm³/mol. The van der Waals surface area contributed by atoms with E-state index in [2.05, 4.69) is 4.90 Å². The first-order chi connectivity index (χ1) is 10.8. The number of carbonyl (C=O) groups is 1. The average molecular weight is 300 g/mol. The molecule has 4 rings (SSSR count). The molecule has 0 aromatic heterocycles. The molecule has 1 amide bonds. The van der Waals surface area contributed by atoms with Gasteiger partial charge in [0, 0.05) is 24.8 Å². The number of fused-ring (bicyclic) bond motifs is 1. The molecule has 0 N–H and O–H groups in total. The van der Waals surface area contributed by atoms with Gasteiger partial charge in [-0.3, -0.25) is 9.69 Å². The summed E-state index contributed by atoms with van der Waals surface area (Å²) in [6, 6.07) is 10.9. The average Bonchev–Trinajstić information content (AvgIpc) is 3.00. The third-order valence-corrected chi connectivity index (χ3v) is 5.41. The zero-order valence-electron chi connectivity index (χ0n) is 13.0. The number of nitrogens with zero attached hydrogens (tertiary/aromatic N) is 2. The van der Waals surface area contributed by atoms with E-state index in [0.717, 1.165) is 18.8 Å². The monoisotopic (exact) mass is 300 g/mol. The summed E-state index contributed by atoms with van der Waals surface area (Å²) in [7, 11) is 0. The number of anilines is 1. The Kier molecular flexibility index (Phi) is 3.89. The molecule has 1 aromatic carbocycles. The van der Waals surface area contributed by atoms with Crippen molar-refractivity contribution in [2.45, 2.75) is 50.3 Å². The van der Waals surface area contributed by atoms with E-state index < -0.39 is 0 Å². The van der Waals surface area contributed by atoms with Crippen LogP contribution in [0.4, 0.5) is 5.69 Å². The highest BCUT2D eigenvalue weighted by molar-refractivity contribution is 5.95. The van der Waals surface area contributed by atoms with Crippen molar-refractivity contribution in [3.05, 3.63) is 30.3 Å². The summed E-state index contributed by atoms with van der Waals surface area (Å²) in [5, 5.41) is 0. The molecule has 1 saturated carbocycles. The molecule has 1 aliphatic carbocycles. The second-order valence-electron chi connectivity index (χ2n) is 6.76. The third-order valence-electron chi connectivity index (χ3n) is 5.41. The molecule has 0 bridgehead atoms. The minimum Gasteiger partial charge on any atom is -0.365 e. The van der Waals surface area contributed by atoms with E-state index in [-0.39, 0.29) is 24.7 Å². The molecule has 0 radical (unpaired) electrons. The minimum atomic E-state index is 0.0953. The third kappa shape index (κ3) is 2.55. The van der Waals surface area contributed by atoms with Crippen molar-refractivity contribution in [2.75, 3.05) is 24.6 Å². The van der Waals surface area contributed by atoms with Crippen LogP contribution >= 0.6 is 0 Å². The zero-order chi connectivity index (χ0) is 14.9. The van der Waals surface area contributed by atoms with E-state index in [0.29, 0.717) is 6.04 Å². The number of rotatable bonds is 2. The van der Waals surface area contributed by atoms with Crippen molar-refractivity contribution >= 4 is 11.6 Å². The summed E-state index contributed by atoms with van der Waals surface area (Å²) in [4.78, 5) is 17.0. The van der Waals surface area contributed by atoms with Gasteiger partial charge in [0.15, 0.2) is 0 Å². The number of benzene rings is 1. The topological polar surface area (TPSA) is 32.8 Å². The van der Waals surface area contributed by atoms with Gasteiger partial charge < -0.3 is 9.64 Å². The zero-order valence-corrected chi connectivity index (χ0v) is 13.0. The lowest BCUT2D eigenvalue weighted by Gasteiger charge is -2.37. The summed E-state index contributed by atoms with van der Waals surface area (Å²) in [5.74, 6) is 0.0953. The van der Waals surface area contributed by atoms with Crippen LogP contribution in [-0.4, -0.2) is 48.7 Å². The van der Waals surface area contributed by atoms with Crippen LogP contribution in [0.2, 0.25) is 0 Å². The fourth-order valence-corrected chi connectivity index (χ4v) is 4.30. The van der Waals surface area contributed by atoms with Gasteiger partial charge in [-0.2, -0.15) is 0 Å². The normalized spacial score (nSPS) is 30.5. The van der Waals surface area contributed by atoms with Gasteiger partial charge in [-0.1, -0.05) is 37.5 Å². The number of amides is 1. The molecule has 22 heavy (non-hydrogen) atoms. The van der Waals surface area contributed by atoms with Gasteiger partial charge in [0.2, 0.25) is 0 Å². The van der Waals surface area contributed by atoms with Crippen molar-refractivity contribution in [1.29, 1.82) is 0 Å². The Morgan fingerprint density at radius 2 is 1.77 bits per heavy atom. The van der Waals surface area contributed by atoms with Crippen molar-refractivity contribution in [1.82, 2.24) is 4.90 Å². The standard InChI is InChI=1S/C18H24N2O2/c21-18-13-22-17-12-19(14-7-3-1-4-8-14)11-16(17)20(18)15-9-5-2-6-10-15/h2,5-6,9-10,14,16-17H,1,3-4,7-8,11-13H2/t16-,17+/m0/s1.